The number of amides is 1. The lowest BCUT2D eigenvalue weighted by molar-refractivity contribution is -0.126. The average Bonchev–Trinajstić information content (AvgIpc) is 3.07. The van der Waals surface area contributed by atoms with Crippen molar-refractivity contribution in [2.45, 2.75) is 49.8 Å². The highest BCUT2D eigenvalue weighted by atomic mass is 32.2. The second kappa shape index (κ2) is 9.26. The van der Waals surface area contributed by atoms with Crippen LogP contribution in [0.15, 0.2) is 39.5 Å². The molecule has 2 aromatic rings. The summed E-state index contributed by atoms with van der Waals surface area (Å²) in [6, 6.07) is 4.82. The summed E-state index contributed by atoms with van der Waals surface area (Å²) in [6.07, 6.45) is 9.03. The summed E-state index contributed by atoms with van der Waals surface area (Å²) >= 11 is 1.05. The molecular weight excluding hydrogens is 434 g/mol. The first-order valence-corrected chi connectivity index (χ1v) is 13.2. The van der Waals surface area contributed by atoms with Crippen LogP contribution >= 0.6 is 11.3 Å². The van der Waals surface area contributed by atoms with Crippen LogP contribution in [0.2, 0.25) is 0 Å². The smallest absolute Gasteiger partial charge is 0.307 e. The topological polar surface area (TPSA) is 88.5 Å². The van der Waals surface area contributed by atoms with Gasteiger partial charge in [0.1, 0.15) is 0 Å². The molecule has 1 N–H and O–H groups in total. The van der Waals surface area contributed by atoms with Crippen LogP contribution in [0.3, 0.4) is 0 Å². The van der Waals surface area contributed by atoms with E-state index >= 15 is 0 Å². The van der Waals surface area contributed by atoms with Crippen molar-refractivity contribution in [3.63, 3.8) is 0 Å². The third-order valence-electron chi connectivity index (χ3n) is 6.36. The Morgan fingerprint density at radius 3 is 2.71 bits per heavy atom. The zero-order valence-electron chi connectivity index (χ0n) is 17.8. The van der Waals surface area contributed by atoms with Gasteiger partial charge in [0, 0.05) is 32.6 Å². The van der Waals surface area contributed by atoms with Crippen LogP contribution in [0.25, 0.3) is 10.2 Å². The summed E-state index contributed by atoms with van der Waals surface area (Å²) in [6.45, 7) is 1.31. The number of fused-ring (bicyclic) bond motifs is 1. The predicted octanol–water partition coefficient (Wildman–Crippen LogP) is 3.01. The van der Waals surface area contributed by atoms with Crippen molar-refractivity contribution in [2.24, 2.45) is 13.0 Å². The molecule has 1 amide bonds. The normalized spacial score (nSPS) is 18.8. The first-order valence-electron chi connectivity index (χ1n) is 10.9. The zero-order valence-corrected chi connectivity index (χ0v) is 19.4. The molecule has 2 aliphatic rings. The van der Waals surface area contributed by atoms with Gasteiger partial charge in [0.15, 0.2) is 0 Å². The molecule has 0 unspecified atom stereocenters. The Bertz CT molecular complexity index is 1160. The van der Waals surface area contributed by atoms with Gasteiger partial charge in [-0.1, -0.05) is 23.0 Å². The van der Waals surface area contributed by atoms with E-state index in [-0.39, 0.29) is 21.6 Å². The number of hydrogen-bond acceptors (Lipinski definition) is 5. The van der Waals surface area contributed by atoms with Gasteiger partial charge in [0.2, 0.25) is 15.9 Å². The number of thiazole rings is 1. The second-order valence-electron chi connectivity index (χ2n) is 8.38. The van der Waals surface area contributed by atoms with E-state index < -0.39 is 10.0 Å². The van der Waals surface area contributed by atoms with Crippen LogP contribution in [0.4, 0.5) is 0 Å². The van der Waals surface area contributed by atoms with E-state index in [9.17, 15) is 18.0 Å². The third-order valence-corrected chi connectivity index (χ3v) is 9.25. The monoisotopic (exact) mass is 463 g/mol. The van der Waals surface area contributed by atoms with Crippen molar-refractivity contribution >= 4 is 37.5 Å². The molecule has 9 heteroatoms. The first kappa shape index (κ1) is 22.2. The Hall–Kier alpha value is -1.97. The van der Waals surface area contributed by atoms with E-state index in [1.165, 1.54) is 27.3 Å². The molecule has 1 saturated heterocycles. The van der Waals surface area contributed by atoms with Crippen molar-refractivity contribution in [3.8, 4) is 0 Å². The fraction of sp³-hybridized carbons (Fsp3) is 0.545. The number of hydrogen-bond donors (Lipinski definition) is 1. The fourth-order valence-corrected chi connectivity index (χ4v) is 6.89. The van der Waals surface area contributed by atoms with Gasteiger partial charge < -0.3 is 9.88 Å². The molecule has 31 heavy (non-hydrogen) atoms. The average molecular weight is 464 g/mol. The molecule has 1 aliphatic carbocycles. The van der Waals surface area contributed by atoms with Crippen LogP contribution in [-0.4, -0.2) is 42.8 Å². The van der Waals surface area contributed by atoms with Crippen LogP contribution in [0.5, 0.6) is 0 Å². The van der Waals surface area contributed by atoms with Gasteiger partial charge in [-0.2, -0.15) is 4.31 Å². The van der Waals surface area contributed by atoms with Crippen LogP contribution in [0, 0.1) is 5.92 Å². The number of sulfonamides is 1. The number of nitrogens with one attached hydrogen (secondary N) is 1. The molecule has 168 valence electrons. The number of rotatable bonds is 6. The number of aryl methyl sites for hydroxylation is 1. The zero-order chi connectivity index (χ0) is 22.0. The maximum Gasteiger partial charge on any atom is 0.307 e. The highest BCUT2D eigenvalue weighted by Gasteiger charge is 2.32. The Labute approximate surface area is 186 Å². The second-order valence-corrected chi connectivity index (χ2v) is 11.3. The lowest BCUT2D eigenvalue weighted by atomic mass is 9.96. The number of piperidine rings is 1. The quantitative estimate of drug-likeness (QED) is 0.667. The summed E-state index contributed by atoms with van der Waals surface area (Å²) in [5.41, 5.74) is 2.17. The molecular formula is C22H29N3O4S2. The minimum absolute atomic E-state index is 0.0314. The highest BCUT2D eigenvalue weighted by molar-refractivity contribution is 7.89. The summed E-state index contributed by atoms with van der Waals surface area (Å²) in [5.74, 6) is -0.113. The van der Waals surface area contributed by atoms with E-state index in [0.717, 1.165) is 36.1 Å². The molecule has 0 bridgehead atoms. The molecule has 0 spiro atoms. The van der Waals surface area contributed by atoms with E-state index in [4.69, 9.17) is 0 Å². The van der Waals surface area contributed by atoms with Gasteiger partial charge in [-0.3, -0.25) is 9.59 Å². The summed E-state index contributed by atoms with van der Waals surface area (Å²) in [4.78, 5) is 24.4. The Morgan fingerprint density at radius 2 is 2.00 bits per heavy atom. The van der Waals surface area contributed by atoms with Gasteiger partial charge in [-0.15, -0.1) is 0 Å². The van der Waals surface area contributed by atoms with Crippen molar-refractivity contribution in [1.82, 2.24) is 14.2 Å². The Morgan fingerprint density at radius 1 is 1.23 bits per heavy atom. The predicted molar refractivity (Wildman–Crippen MR) is 123 cm³/mol. The summed E-state index contributed by atoms with van der Waals surface area (Å²) in [7, 11) is -1.97. The van der Waals surface area contributed by atoms with E-state index in [1.54, 1.807) is 25.2 Å². The number of benzene rings is 1. The van der Waals surface area contributed by atoms with Crippen molar-refractivity contribution < 1.29 is 13.2 Å². The van der Waals surface area contributed by atoms with Gasteiger partial charge in [-0.25, -0.2) is 8.42 Å². The van der Waals surface area contributed by atoms with Gasteiger partial charge >= 0.3 is 4.87 Å². The molecule has 7 nitrogen and oxygen atoms in total. The molecule has 1 aromatic heterocycles. The van der Waals surface area contributed by atoms with Crippen molar-refractivity contribution in [1.29, 1.82) is 0 Å². The number of nitrogens with zero attached hydrogens (tertiary/aromatic N) is 2. The minimum atomic E-state index is -3.65. The lowest BCUT2D eigenvalue weighted by Gasteiger charge is -2.30. The van der Waals surface area contributed by atoms with Gasteiger partial charge in [0.25, 0.3) is 0 Å². The van der Waals surface area contributed by atoms with E-state index in [2.05, 4.69) is 11.4 Å². The fourth-order valence-electron chi connectivity index (χ4n) is 4.40. The summed E-state index contributed by atoms with van der Waals surface area (Å²) < 4.78 is 29.8. The molecule has 0 atom stereocenters. The van der Waals surface area contributed by atoms with Crippen molar-refractivity contribution in [3.05, 3.63) is 39.5 Å². The molecule has 4 rings (SSSR count). The van der Waals surface area contributed by atoms with Crippen LogP contribution in [-0.2, 0) is 21.9 Å². The van der Waals surface area contributed by atoms with Gasteiger partial charge in [0.05, 0.1) is 15.1 Å². The number of allylic oxidation sites excluding steroid dienone is 1. The largest absolute Gasteiger partial charge is 0.356 e. The molecule has 0 radical (unpaired) electrons. The maximum absolute atomic E-state index is 13.1. The molecule has 2 heterocycles. The van der Waals surface area contributed by atoms with E-state index in [1.807, 2.05) is 0 Å². The van der Waals surface area contributed by atoms with Gasteiger partial charge in [-0.05, 0) is 63.1 Å². The highest BCUT2D eigenvalue weighted by Crippen LogP contribution is 2.27. The van der Waals surface area contributed by atoms with E-state index in [0.29, 0.717) is 37.2 Å². The van der Waals surface area contributed by atoms with Crippen LogP contribution < -0.4 is 10.2 Å². The number of aromatic nitrogens is 1. The minimum Gasteiger partial charge on any atom is -0.356 e. The molecule has 1 aromatic carbocycles. The summed E-state index contributed by atoms with van der Waals surface area (Å²) in [5, 5.41) is 3.03. The SMILES string of the molecule is Cn1c(=O)sc2cc(S(=O)(=O)N3CCC(C(=O)NCCC4=CCCCC4)CC3)ccc21. The standard InChI is InChI=1S/C22H29N3O4S2/c1-24-19-8-7-18(15-20(19)30-22(24)27)31(28,29)25-13-10-17(11-14-25)21(26)23-12-9-16-5-3-2-4-6-16/h5,7-8,15,17H,2-4,6,9-14H2,1H3,(H,23,26). The number of carbonyl (C=O) groups excluding carboxylic acids is 1. The first-order chi connectivity index (χ1) is 14.9. The molecule has 1 aliphatic heterocycles. The third kappa shape index (κ3) is 4.78. The maximum atomic E-state index is 13.1. The Kier molecular flexibility index (Phi) is 6.64. The number of carbonyl (C=O) groups is 1. The van der Waals surface area contributed by atoms with Crippen LogP contribution in [0.1, 0.15) is 44.9 Å². The lowest BCUT2D eigenvalue weighted by Crippen LogP contribution is -2.43. The van der Waals surface area contributed by atoms with Crippen molar-refractivity contribution in [2.75, 3.05) is 19.6 Å². The molecule has 1 fully saturated rings. The Balaban J connectivity index is 1.33. The molecule has 0 saturated carbocycles.